The zero-order chi connectivity index (χ0) is 58.3. The van der Waals surface area contributed by atoms with Crippen LogP contribution in [0.15, 0.2) is 139 Å². The molecule has 0 radical (unpaired) electrons. The minimum absolute atomic E-state index is 0.00789. The van der Waals surface area contributed by atoms with Crippen molar-refractivity contribution in [3.8, 4) is 11.5 Å². The van der Waals surface area contributed by atoms with Crippen LogP contribution in [0.25, 0.3) is 27.0 Å². The Morgan fingerprint density at radius 3 is 2.18 bits per heavy atom. The minimum Gasteiger partial charge on any atom is -0.497 e. The second-order valence-corrected chi connectivity index (χ2v) is 23.1. The van der Waals surface area contributed by atoms with E-state index in [1.165, 1.54) is 17.2 Å². The third-order valence-electron chi connectivity index (χ3n) is 13.9. The first-order valence-electron chi connectivity index (χ1n) is 26.2. The summed E-state index contributed by atoms with van der Waals surface area (Å²) < 4.78 is 72.6. The van der Waals surface area contributed by atoms with Crippen molar-refractivity contribution in [2.75, 3.05) is 51.2 Å². The smallest absolute Gasteiger partial charge is 0.497 e. The molecule has 10 rings (SSSR count). The number of fused-ring (bicyclic) bond motifs is 2. The maximum atomic E-state index is 13.4. The third-order valence-corrected chi connectivity index (χ3v) is 16.7. The Labute approximate surface area is 481 Å². The van der Waals surface area contributed by atoms with Crippen LogP contribution in [0.1, 0.15) is 66.2 Å². The fraction of sp³-hybridized carbons (Fsp3) is 0.321. The van der Waals surface area contributed by atoms with Crippen molar-refractivity contribution in [3.05, 3.63) is 178 Å². The van der Waals surface area contributed by atoms with Gasteiger partial charge in [0.2, 0.25) is 18.4 Å². The lowest BCUT2D eigenvalue weighted by Gasteiger charge is -2.37. The molecule has 83 heavy (non-hydrogen) atoms. The Morgan fingerprint density at radius 2 is 1.53 bits per heavy atom. The lowest BCUT2D eigenvalue weighted by atomic mass is 9.80. The standard InChI is InChI=1S/C56H56N10O14P2S/c1-34(2)51(67)63-55-62-50-47(53(69)64-55)60-33-66(50)54-44(79-81(70)71)28-41(77-54)30-76-82(83,75-27-25-57-3)80-43-29-46(65-26-24-42-48(58-32-59-49(42)65)61-52(68)35-12-8-6-9-13-35)78-45(43)31-74-56(36-14-10-7-11-15-36,37-16-20-39(72-4)21-17-37)38-18-22-40(73-5)23-19-38/h6-24,26,32-34,41,43-46,54H,25,27-31H2,1-2,4-5H3,(H3-,58,59,61,62,63,64,67,68,69,70,71)/p+1/t41-,43-,44+,45+,46+,54+,82?/m0/s1. The number of benzene rings is 4. The maximum Gasteiger partial charge on any atom is 0.695 e. The highest BCUT2D eigenvalue weighted by atomic mass is 32.5. The fourth-order valence-electron chi connectivity index (χ4n) is 9.83. The molecule has 2 aliphatic heterocycles. The molecule has 27 heteroatoms. The summed E-state index contributed by atoms with van der Waals surface area (Å²) in [6, 6.07) is 35.4. The van der Waals surface area contributed by atoms with Gasteiger partial charge in [-0.3, -0.25) is 29.3 Å². The van der Waals surface area contributed by atoms with Crippen molar-refractivity contribution in [2.45, 2.75) is 69.2 Å². The second-order valence-electron chi connectivity index (χ2n) is 19.4. The molecule has 2 amide bonds. The van der Waals surface area contributed by atoms with Gasteiger partial charge in [0, 0.05) is 35.1 Å². The molecule has 6 heterocycles. The van der Waals surface area contributed by atoms with Gasteiger partial charge in [-0.2, -0.15) is 4.98 Å². The number of aromatic nitrogens is 7. The van der Waals surface area contributed by atoms with Gasteiger partial charge in [-0.05, 0) is 71.0 Å². The van der Waals surface area contributed by atoms with Crippen molar-refractivity contribution >= 4 is 72.6 Å². The summed E-state index contributed by atoms with van der Waals surface area (Å²) in [6.07, 6.45) is -1.44. The predicted octanol–water partition coefficient (Wildman–Crippen LogP) is 8.61. The molecule has 2 unspecified atom stereocenters. The van der Waals surface area contributed by atoms with E-state index in [0.29, 0.717) is 28.1 Å². The molecule has 4 aromatic carbocycles. The van der Waals surface area contributed by atoms with Gasteiger partial charge in [-0.1, -0.05) is 86.6 Å². The molecule has 0 spiro atoms. The minimum atomic E-state index is -3.95. The third kappa shape index (κ3) is 12.9. The number of imidazole rings is 1. The normalized spacial score (nSPS) is 19.8. The predicted molar refractivity (Wildman–Crippen MR) is 306 cm³/mol. The molecule has 2 aliphatic rings. The van der Waals surface area contributed by atoms with Gasteiger partial charge in [0.15, 0.2) is 23.5 Å². The van der Waals surface area contributed by atoms with Crippen molar-refractivity contribution in [1.82, 2.24) is 34.1 Å². The summed E-state index contributed by atoms with van der Waals surface area (Å²) in [5.74, 6) is 0.186. The first kappa shape index (κ1) is 58.5. The molecule has 4 N–H and O–H groups in total. The highest BCUT2D eigenvalue weighted by Gasteiger charge is 2.48. The zero-order valence-corrected chi connectivity index (χ0v) is 47.8. The number of hydrogen-bond donors (Lipinski definition) is 4. The number of rotatable bonds is 24. The Bertz CT molecular complexity index is 3710. The quantitative estimate of drug-likeness (QED) is 0.0191. The van der Waals surface area contributed by atoms with Crippen LogP contribution in [0.3, 0.4) is 0 Å². The van der Waals surface area contributed by atoms with E-state index < -0.39 is 74.8 Å². The number of H-pyrrole nitrogens is 1. The lowest BCUT2D eigenvalue weighted by molar-refractivity contribution is -0.118. The number of carbonyl (C=O) groups excluding carboxylic acids is 2. The molecule has 0 bridgehead atoms. The molecule has 2 fully saturated rings. The summed E-state index contributed by atoms with van der Waals surface area (Å²) in [5, 5.41) is 6.02. The Morgan fingerprint density at radius 1 is 0.855 bits per heavy atom. The number of hydrogen-bond acceptors (Lipinski definition) is 18. The number of nitrogens with zero attached hydrogens (tertiary/aromatic N) is 7. The van der Waals surface area contributed by atoms with E-state index in [4.69, 9.17) is 60.2 Å². The topological polar surface area (TPSA) is 277 Å². The summed E-state index contributed by atoms with van der Waals surface area (Å²) >= 11 is 6.22. The van der Waals surface area contributed by atoms with E-state index >= 15 is 0 Å². The Kier molecular flexibility index (Phi) is 18.2. The van der Waals surface area contributed by atoms with Crippen LogP contribution in [-0.2, 0) is 59.1 Å². The van der Waals surface area contributed by atoms with Gasteiger partial charge in [0.25, 0.3) is 11.5 Å². The molecular weight excluding hydrogens is 1130 g/mol. The molecule has 430 valence electrons. The molecule has 8 atom stereocenters. The largest absolute Gasteiger partial charge is 0.695 e. The maximum absolute atomic E-state index is 13.4. The molecular formula is C56H57N10O14P2S+. The van der Waals surface area contributed by atoms with Crippen LogP contribution in [-0.4, -0.2) is 116 Å². The molecule has 0 aliphatic carbocycles. The number of aromatic amines is 1. The van der Waals surface area contributed by atoms with Crippen molar-refractivity contribution in [1.29, 1.82) is 0 Å². The number of carbonyl (C=O) groups is 2. The van der Waals surface area contributed by atoms with Gasteiger partial charge >= 0.3 is 15.0 Å². The van der Waals surface area contributed by atoms with Crippen molar-refractivity contribution < 1.29 is 60.8 Å². The molecule has 8 aromatic rings. The molecule has 2 saturated heterocycles. The van der Waals surface area contributed by atoms with E-state index in [0.717, 1.165) is 16.7 Å². The van der Waals surface area contributed by atoms with E-state index in [2.05, 4.69) is 40.4 Å². The lowest BCUT2D eigenvalue weighted by Crippen LogP contribution is -2.38. The first-order valence-corrected chi connectivity index (χ1v) is 29.9. The van der Waals surface area contributed by atoms with Crippen molar-refractivity contribution in [2.24, 2.45) is 5.92 Å². The summed E-state index contributed by atoms with van der Waals surface area (Å²) in [5.41, 5.74) is 1.10. The number of methoxy groups -OCH3 is 2. The second kappa shape index (κ2) is 25.8. The van der Waals surface area contributed by atoms with E-state index in [-0.39, 0.29) is 68.0 Å². The summed E-state index contributed by atoms with van der Waals surface area (Å²) in [7, 11) is 0.00261. The van der Waals surface area contributed by atoms with Crippen LogP contribution in [0.5, 0.6) is 11.5 Å². The molecule has 4 aromatic heterocycles. The SMILES string of the molecule is [C-]#[N+]CCOP(=S)(OC[C@@H]1C[C@@H](O[P+](=O)O)[C@H](n2cnc3c(=O)[nH]c(NC(=O)C(C)C)nc32)O1)O[C@H]1C[C@H](n2ccc3c(NC(=O)c4ccccc4)ncnc32)O[C@@H]1COC(c1ccccc1)(c1ccc(OC)cc1)c1ccc(OC)cc1. The van der Waals surface area contributed by atoms with Gasteiger partial charge in [0.1, 0.15) is 53.8 Å². The summed E-state index contributed by atoms with van der Waals surface area (Å²) in [4.78, 5) is 72.8. The highest BCUT2D eigenvalue weighted by molar-refractivity contribution is 8.07. The van der Waals surface area contributed by atoms with Crippen molar-refractivity contribution in [3.63, 3.8) is 0 Å². The van der Waals surface area contributed by atoms with Gasteiger partial charge in [-0.15, -0.1) is 9.42 Å². The number of amides is 2. The average Bonchev–Trinajstić information content (AvgIpc) is 2.99. The van der Waals surface area contributed by atoms with Gasteiger partial charge in [-0.25, -0.2) is 21.5 Å². The van der Waals surface area contributed by atoms with Crippen LogP contribution < -0.4 is 25.7 Å². The van der Waals surface area contributed by atoms with Gasteiger partial charge < -0.3 is 52.0 Å². The van der Waals surface area contributed by atoms with Crippen LogP contribution in [0.2, 0.25) is 0 Å². The van der Waals surface area contributed by atoms with Crippen LogP contribution >= 0.6 is 15.0 Å². The number of nitrogens with one attached hydrogen (secondary N) is 3. The average molecular weight is 1190 g/mol. The molecule has 24 nitrogen and oxygen atoms in total. The van der Waals surface area contributed by atoms with E-state index in [9.17, 15) is 23.8 Å². The zero-order valence-electron chi connectivity index (χ0n) is 45.2. The Hall–Kier alpha value is -7.69. The molecule has 0 saturated carbocycles. The van der Waals surface area contributed by atoms with Gasteiger partial charge in [0.05, 0.1) is 51.4 Å². The monoisotopic (exact) mass is 1190 g/mol. The number of anilines is 2. The van der Waals surface area contributed by atoms with Crippen LogP contribution in [0, 0.1) is 12.5 Å². The summed E-state index contributed by atoms with van der Waals surface area (Å²) in [6.45, 7) is 6.25. The highest BCUT2D eigenvalue weighted by Crippen LogP contribution is 2.55. The number of ether oxygens (including phenoxy) is 5. The fourth-order valence-corrected chi connectivity index (χ4v) is 12.4. The van der Waals surface area contributed by atoms with E-state index in [1.807, 2.05) is 84.9 Å². The Balaban J connectivity index is 0.986. The van der Waals surface area contributed by atoms with Crippen LogP contribution in [0.4, 0.5) is 11.8 Å². The first-order chi connectivity index (χ1) is 40.2. The van der Waals surface area contributed by atoms with E-state index in [1.54, 1.807) is 69.2 Å².